The molecular weight excluding hydrogens is 454 g/mol. The molecule has 34 heavy (non-hydrogen) atoms. The number of methoxy groups -OCH3 is 1. The quantitative estimate of drug-likeness (QED) is 0.0858. The summed E-state index contributed by atoms with van der Waals surface area (Å²) in [7, 11) is 1.58. The summed E-state index contributed by atoms with van der Waals surface area (Å²) in [6.07, 6.45) is -0.0962. The second-order valence-electron chi connectivity index (χ2n) is 7.72. The van der Waals surface area contributed by atoms with Gasteiger partial charge in [-0.3, -0.25) is 10.2 Å². The Hall–Kier alpha value is -3.75. The van der Waals surface area contributed by atoms with Crippen LogP contribution in [0.5, 0.6) is 5.75 Å². The van der Waals surface area contributed by atoms with Crippen molar-refractivity contribution in [2.75, 3.05) is 31.3 Å². The lowest BCUT2D eigenvalue weighted by atomic mass is 9.95. The van der Waals surface area contributed by atoms with Crippen molar-refractivity contribution in [1.82, 2.24) is 5.32 Å². The molecule has 0 aliphatic rings. The molecule has 0 aliphatic carbocycles. The molecule has 0 aromatic heterocycles. The number of aromatic hydroxyl groups is 1. The van der Waals surface area contributed by atoms with E-state index in [1.54, 1.807) is 55.6 Å². The summed E-state index contributed by atoms with van der Waals surface area (Å²) >= 11 is 6.62. The van der Waals surface area contributed by atoms with E-state index in [1.807, 2.05) is 6.07 Å². The van der Waals surface area contributed by atoms with E-state index in [1.165, 1.54) is 0 Å². The van der Waals surface area contributed by atoms with Crippen LogP contribution in [0.25, 0.3) is 11.1 Å². The first-order valence-corrected chi connectivity index (χ1v) is 11.0. The maximum absolute atomic E-state index is 12.9. The molecule has 8 nitrogen and oxygen atoms in total. The molecule has 3 aromatic carbocycles. The minimum atomic E-state index is -0.291. The summed E-state index contributed by atoms with van der Waals surface area (Å²) in [6.45, 7) is 1.18. The van der Waals surface area contributed by atoms with Crippen LogP contribution in [0, 0.1) is 5.41 Å². The van der Waals surface area contributed by atoms with Crippen molar-refractivity contribution in [1.29, 1.82) is 5.41 Å². The van der Waals surface area contributed by atoms with Gasteiger partial charge in [0.2, 0.25) is 5.91 Å². The molecular formula is C25H28ClN5O3. The lowest BCUT2D eigenvalue weighted by Crippen LogP contribution is -2.25. The molecule has 0 spiro atoms. The molecule has 0 unspecified atom stereocenters. The van der Waals surface area contributed by atoms with Crippen LogP contribution in [0.3, 0.4) is 0 Å². The summed E-state index contributed by atoms with van der Waals surface area (Å²) in [5, 5.41) is 24.8. The van der Waals surface area contributed by atoms with Crippen LogP contribution in [-0.4, -0.2) is 37.1 Å². The zero-order valence-corrected chi connectivity index (χ0v) is 19.6. The Bertz CT molecular complexity index is 1180. The number of amidine groups is 1. The summed E-state index contributed by atoms with van der Waals surface area (Å²) in [5.74, 6) is -0.365. The number of ether oxygens (including phenoxy) is 1. The zero-order chi connectivity index (χ0) is 24.7. The monoisotopic (exact) mass is 481 g/mol. The number of nitrogen functional groups attached to an aromatic ring is 2. The average Bonchev–Trinajstić information content (AvgIpc) is 2.81. The number of amides is 1. The fraction of sp³-hybridized carbons (Fsp3) is 0.200. The first kappa shape index (κ1) is 24.9. The molecule has 0 fully saturated rings. The molecule has 9 heteroatoms. The summed E-state index contributed by atoms with van der Waals surface area (Å²) < 4.78 is 5.06. The van der Waals surface area contributed by atoms with E-state index in [2.05, 4.69) is 10.6 Å². The molecule has 3 rings (SSSR count). The Morgan fingerprint density at radius 1 is 1.18 bits per heavy atom. The Morgan fingerprint density at radius 2 is 1.91 bits per heavy atom. The lowest BCUT2D eigenvalue weighted by Gasteiger charge is -2.18. The van der Waals surface area contributed by atoms with Crippen LogP contribution >= 0.6 is 11.6 Å². The second kappa shape index (κ2) is 11.4. The van der Waals surface area contributed by atoms with Gasteiger partial charge < -0.3 is 31.9 Å². The minimum Gasteiger partial charge on any atom is -0.505 e. The molecule has 3 aromatic rings. The number of anilines is 2. The van der Waals surface area contributed by atoms with E-state index in [9.17, 15) is 9.90 Å². The van der Waals surface area contributed by atoms with Crippen molar-refractivity contribution in [2.45, 2.75) is 13.0 Å². The van der Waals surface area contributed by atoms with Crippen molar-refractivity contribution in [3.05, 3.63) is 76.3 Å². The number of phenolic OH excluding ortho intramolecular Hbond substituents is 1. The number of carbonyl (C=O) groups excluding carboxylic acids is 1. The van der Waals surface area contributed by atoms with Gasteiger partial charge in [0.25, 0.3) is 0 Å². The predicted octanol–water partition coefficient (Wildman–Crippen LogP) is 3.50. The highest BCUT2D eigenvalue weighted by Crippen LogP contribution is 2.42. The Balaban J connectivity index is 1.87. The van der Waals surface area contributed by atoms with Gasteiger partial charge in [-0.1, -0.05) is 48.0 Å². The summed E-state index contributed by atoms with van der Waals surface area (Å²) in [4.78, 5) is 12.9. The first-order chi connectivity index (χ1) is 16.3. The third-order valence-corrected chi connectivity index (χ3v) is 5.54. The highest BCUT2D eigenvalue weighted by molar-refractivity contribution is 6.34. The van der Waals surface area contributed by atoms with Gasteiger partial charge in [-0.2, -0.15) is 0 Å². The van der Waals surface area contributed by atoms with E-state index in [4.69, 9.17) is 33.2 Å². The first-order valence-electron chi connectivity index (χ1n) is 10.6. The number of phenols is 1. The van der Waals surface area contributed by atoms with Crippen molar-refractivity contribution < 1.29 is 14.6 Å². The molecule has 0 heterocycles. The van der Waals surface area contributed by atoms with E-state index < -0.39 is 0 Å². The van der Waals surface area contributed by atoms with E-state index in [0.717, 1.165) is 5.56 Å². The Morgan fingerprint density at radius 3 is 2.56 bits per heavy atom. The topological polar surface area (TPSA) is 146 Å². The normalized spacial score (nSPS) is 10.6. The number of rotatable bonds is 10. The van der Waals surface area contributed by atoms with Crippen LogP contribution in [0.4, 0.5) is 11.4 Å². The third-order valence-electron chi connectivity index (χ3n) is 5.24. The molecule has 0 radical (unpaired) electrons. The summed E-state index contributed by atoms with van der Waals surface area (Å²) in [6, 6.07) is 15.8. The maximum atomic E-state index is 12.9. The molecule has 0 atom stereocenters. The molecule has 0 aliphatic heterocycles. The predicted molar refractivity (Wildman–Crippen MR) is 136 cm³/mol. The van der Waals surface area contributed by atoms with Gasteiger partial charge in [0, 0.05) is 42.6 Å². The molecule has 0 bridgehead atoms. The Kier molecular flexibility index (Phi) is 8.34. The molecule has 0 saturated heterocycles. The zero-order valence-electron chi connectivity index (χ0n) is 18.8. The van der Waals surface area contributed by atoms with Gasteiger partial charge in [-0.25, -0.2) is 0 Å². The smallest absolute Gasteiger partial charge is 0.224 e. The fourth-order valence-electron chi connectivity index (χ4n) is 3.52. The largest absolute Gasteiger partial charge is 0.505 e. The third kappa shape index (κ3) is 6.18. The number of halogens is 1. The standard InChI is InChI=1S/C25H28ClN5O3/c1-34-10-9-30-21-13-20(26)23(17-3-2-4-18(27)11-17)19(24(21)33)12-22(32)31-14-15-5-7-16(8-6-15)25(28)29/h2-8,11,13,30,33H,9-10,12,14,27H2,1H3,(H3,28,29)(H,31,32). The molecule has 1 amide bonds. The van der Waals surface area contributed by atoms with Crippen LogP contribution in [0.15, 0.2) is 54.6 Å². The summed E-state index contributed by atoms with van der Waals surface area (Å²) in [5.41, 5.74) is 15.5. The minimum absolute atomic E-state index is 0.0176. The highest BCUT2D eigenvalue weighted by Gasteiger charge is 2.21. The number of hydrogen-bond donors (Lipinski definition) is 6. The number of carbonyl (C=O) groups is 1. The van der Waals surface area contributed by atoms with Crippen LogP contribution in [-0.2, 0) is 22.5 Å². The number of nitrogens with one attached hydrogen (secondary N) is 3. The number of hydrogen-bond acceptors (Lipinski definition) is 6. The van der Waals surface area contributed by atoms with E-state index in [0.29, 0.717) is 51.8 Å². The van der Waals surface area contributed by atoms with Gasteiger partial charge in [-0.15, -0.1) is 0 Å². The lowest BCUT2D eigenvalue weighted by molar-refractivity contribution is -0.120. The van der Waals surface area contributed by atoms with E-state index >= 15 is 0 Å². The van der Waals surface area contributed by atoms with Gasteiger partial charge in [0.05, 0.1) is 23.7 Å². The fourth-order valence-corrected chi connectivity index (χ4v) is 3.85. The van der Waals surface area contributed by atoms with Gasteiger partial charge in [-0.05, 0) is 29.3 Å². The van der Waals surface area contributed by atoms with Gasteiger partial charge in [0.15, 0.2) is 0 Å². The van der Waals surface area contributed by atoms with Crippen LogP contribution < -0.4 is 22.1 Å². The van der Waals surface area contributed by atoms with Crippen LogP contribution in [0.1, 0.15) is 16.7 Å². The van der Waals surface area contributed by atoms with Crippen LogP contribution in [0.2, 0.25) is 5.02 Å². The molecule has 178 valence electrons. The highest BCUT2D eigenvalue weighted by atomic mass is 35.5. The number of nitrogens with two attached hydrogens (primary N) is 2. The van der Waals surface area contributed by atoms with E-state index in [-0.39, 0.29) is 30.5 Å². The Labute approximate surface area is 203 Å². The van der Waals surface area contributed by atoms with Crippen molar-refractivity contribution in [3.63, 3.8) is 0 Å². The SMILES string of the molecule is COCCNc1cc(Cl)c(-c2cccc(N)c2)c(CC(=O)NCc2ccc(C(=N)N)cc2)c1O. The van der Waals surface area contributed by atoms with Crippen molar-refractivity contribution in [2.24, 2.45) is 5.73 Å². The maximum Gasteiger partial charge on any atom is 0.224 e. The van der Waals surface area contributed by atoms with Gasteiger partial charge in [0.1, 0.15) is 11.6 Å². The molecule has 8 N–H and O–H groups in total. The van der Waals surface area contributed by atoms with Crippen molar-refractivity contribution >= 4 is 34.7 Å². The second-order valence-corrected chi connectivity index (χ2v) is 8.12. The molecule has 0 saturated carbocycles. The van der Waals surface area contributed by atoms with Crippen molar-refractivity contribution in [3.8, 4) is 16.9 Å². The van der Waals surface area contributed by atoms with Gasteiger partial charge >= 0.3 is 0 Å². The average molecular weight is 482 g/mol. The number of benzene rings is 3.